The topological polar surface area (TPSA) is 64.2 Å². The average molecular weight is 322 g/mol. The Morgan fingerprint density at radius 2 is 1.92 bits per heavy atom. The third kappa shape index (κ3) is 2.82. The van der Waals surface area contributed by atoms with Crippen molar-refractivity contribution in [1.29, 1.82) is 0 Å². The van der Waals surface area contributed by atoms with E-state index in [0.717, 1.165) is 29.8 Å². The van der Waals surface area contributed by atoms with Crippen molar-refractivity contribution >= 4 is 24.2 Å². The van der Waals surface area contributed by atoms with Gasteiger partial charge in [0.2, 0.25) is 0 Å². The number of fused-ring (bicyclic) bond motifs is 1. The SMILES string of the molecule is Nc1nc(C2C=NC=CC2)nc2c1=CC(C1C=C(F)C=CC1)CC=2. The lowest BCUT2D eigenvalue weighted by Gasteiger charge is -2.23. The van der Waals surface area contributed by atoms with Crippen molar-refractivity contribution in [3.05, 3.63) is 52.7 Å². The molecule has 3 aliphatic rings. The van der Waals surface area contributed by atoms with Gasteiger partial charge in [-0.1, -0.05) is 24.3 Å². The Balaban J connectivity index is 1.68. The van der Waals surface area contributed by atoms with Crippen LogP contribution in [0.2, 0.25) is 0 Å². The Hall–Kier alpha value is -2.56. The molecule has 1 aromatic rings. The highest BCUT2D eigenvalue weighted by atomic mass is 19.1. The van der Waals surface area contributed by atoms with Gasteiger partial charge in [0, 0.05) is 17.6 Å². The predicted molar refractivity (Wildman–Crippen MR) is 94.2 cm³/mol. The van der Waals surface area contributed by atoms with Crippen LogP contribution in [0.15, 0.2) is 41.3 Å². The molecule has 2 N–H and O–H groups in total. The first-order valence-electron chi connectivity index (χ1n) is 8.28. The maximum Gasteiger partial charge on any atom is 0.140 e. The fourth-order valence-electron chi connectivity index (χ4n) is 3.46. The first-order valence-corrected chi connectivity index (χ1v) is 8.28. The molecule has 0 amide bonds. The number of rotatable bonds is 2. The molecule has 3 atom stereocenters. The summed E-state index contributed by atoms with van der Waals surface area (Å²) in [4.78, 5) is 13.3. The van der Waals surface area contributed by atoms with E-state index in [4.69, 9.17) is 5.73 Å². The van der Waals surface area contributed by atoms with E-state index < -0.39 is 0 Å². The molecule has 1 aliphatic heterocycles. The van der Waals surface area contributed by atoms with E-state index in [1.54, 1.807) is 12.3 Å². The van der Waals surface area contributed by atoms with E-state index in [1.165, 1.54) is 6.08 Å². The average Bonchev–Trinajstić information content (AvgIpc) is 2.62. The van der Waals surface area contributed by atoms with Gasteiger partial charge in [-0.25, -0.2) is 14.4 Å². The van der Waals surface area contributed by atoms with Crippen LogP contribution in [-0.4, -0.2) is 16.2 Å². The molecular weight excluding hydrogens is 303 g/mol. The minimum atomic E-state index is -0.158. The summed E-state index contributed by atoms with van der Waals surface area (Å²) in [5, 5.41) is 1.76. The van der Waals surface area contributed by atoms with Crippen LogP contribution in [0.4, 0.5) is 10.2 Å². The summed E-state index contributed by atoms with van der Waals surface area (Å²) in [5.74, 6) is 1.52. The molecule has 5 heteroatoms. The van der Waals surface area contributed by atoms with Crippen molar-refractivity contribution in [3.63, 3.8) is 0 Å². The van der Waals surface area contributed by atoms with E-state index in [2.05, 4.69) is 27.1 Å². The fourth-order valence-corrected chi connectivity index (χ4v) is 3.46. The van der Waals surface area contributed by atoms with Crippen LogP contribution in [-0.2, 0) is 0 Å². The largest absolute Gasteiger partial charge is 0.383 e. The van der Waals surface area contributed by atoms with Gasteiger partial charge in [-0.15, -0.1) is 0 Å². The van der Waals surface area contributed by atoms with Crippen molar-refractivity contribution in [3.8, 4) is 0 Å². The zero-order valence-corrected chi connectivity index (χ0v) is 13.3. The number of anilines is 1. The third-order valence-electron chi connectivity index (χ3n) is 4.77. The zero-order valence-electron chi connectivity index (χ0n) is 13.3. The summed E-state index contributed by atoms with van der Waals surface area (Å²) in [6.07, 6.45) is 17.5. The molecule has 2 heterocycles. The van der Waals surface area contributed by atoms with Crippen molar-refractivity contribution in [2.45, 2.75) is 25.2 Å². The molecule has 0 saturated heterocycles. The Bertz CT molecular complexity index is 895. The molecule has 122 valence electrons. The summed E-state index contributed by atoms with van der Waals surface area (Å²) in [6, 6.07) is 0. The van der Waals surface area contributed by atoms with Crippen molar-refractivity contribution < 1.29 is 4.39 Å². The van der Waals surface area contributed by atoms with Crippen molar-refractivity contribution in [2.75, 3.05) is 5.73 Å². The van der Waals surface area contributed by atoms with E-state index in [9.17, 15) is 4.39 Å². The number of allylic oxidation sites excluding steroid dienone is 5. The molecule has 0 bridgehead atoms. The van der Waals surface area contributed by atoms with Crippen LogP contribution in [0.1, 0.15) is 31.0 Å². The normalized spacial score (nSPS) is 27.9. The molecule has 0 radical (unpaired) electrons. The predicted octanol–water partition coefficient (Wildman–Crippen LogP) is 2.14. The van der Waals surface area contributed by atoms with Gasteiger partial charge in [-0.3, -0.25) is 4.99 Å². The van der Waals surface area contributed by atoms with Gasteiger partial charge in [-0.05, 0) is 43.3 Å². The zero-order chi connectivity index (χ0) is 16.5. The minimum absolute atomic E-state index is 0.0780. The maximum absolute atomic E-state index is 13.5. The van der Waals surface area contributed by atoms with E-state index >= 15 is 0 Å². The lowest BCUT2D eigenvalue weighted by Crippen LogP contribution is -2.38. The smallest absolute Gasteiger partial charge is 0.140 e. The van der Waals surface area contributed by atoms with Gasteiger partial charge in [-0.2, -0.15) is 0 Å². The molecule has 3 unspecified atom stereocenters. The fraction of sp³-hybridized carbons (Fsp3) is 0.316. The lowest BCUT2D eigenvalue weighted by molar-refractivity contribution is 0.488. The number of nitrogens with two attached hydrogens (primary N) is 1. The molecule has 0 aromatic carbocycles. The van der Waals surface area contributed by atoms with Gasteiger partial charge >= 0.3 is 0 Å². The van der Waals surface area contributed by atoms with Crippen LogP contribution in [0.3, 0.4) is 0 Å². The molecule has 4 nitrogen and oxygen atoms in total. The highest BCUT2D eigenvalue weighted by Gasteiger charge is 2.22. The monoisotopic (exact) mass is 322 g/mol. The number of aromatic nitrogens is 2. The first kappa shape index (κ1) is 15.0. The summed E-state index contributed by atoms with van der Waals surface area (Å²) in [6.45, 7) is 0. The summed E-state index contributed by atoms with van der Waals surface area (Å²) in [5.41, 5.74) is 6.20. The number of nitrogen functional groups attached to an aromatic ring is 1. The third-order valence-corrected chi connectivity index (χ3v) is 4.77. The second-order valence-corrected chi connectivity index (χ2v) is 6.41. The van der Waals surface area contributed by atoms with Gasteiger partial charge in [0.1, 0.15) is 17.5 Å². The minimum Gasteiger partial charge on any atom is -0.383 e. The van der Waals surface area contributed by atoms with E-state index in [-0.39, 0.29) is 23.6 Å². The highest BCUT2D eigenvalue weighted by Crippen LogP contribution is 2.29. The Labute approximate surface area is 139 Å². The Kier molecular flexibility index (Phi) is 3.84. The molecule has 2 aliphatic carbocycles. The molecule has 0 saturated carbocycles. The summed E-state index contributed by atoms with van der Waals surface area (Å²) in [7, 11) is 0. The standard InChI is InChI=1S/C19H19FN4/c20-15-5-1-3-12(9-15)13-6-7-17-16(10-13)18(21)24-19(23-17)14-4-2-8-22-11-14/h1-2,5,7-14H,3-4,6H2,(H2,21,23,24). The van der Waals surface area contributed by atoms with Gasteiger partial charge < -0.3 is 5.73 Å². The molecule has 0 spiro atoms. The molecule has 24 heavy (non-hydrogen) atoms. The lowest BCUT2D eigenvalue weighted by atomic mass is 9.82. The van der Waals surface area contributed by atoms with Crippen molar-refractivity contribution in [2.24, 2.45) is 16.8 Å². The molecule has 4 rings (SSSR count). The first-order chi connectivity index (χ1) is 11.7. The van der Waals surface area contributed by atoms with Crippen LogP contribution in [0.5, 0.6) is 0 Å². The number of halogens is 1. The van der Waals surface area contributed by atoms with Gasteiger partial charge in [0.05, 0.1) is 11.3 Å². The second kappa shape index (κ2) is 6.15. The number of aliphatic imine (C=N–C) groups is 1. The van der Waals surface area contributed by atoms with E-state index in [1.807, 2.05) is 18.4 Å². The van der Waals surface area contributed by atoms with Crippen LogP contribution < -0.4 is 16.3 Å². The summed E-state index contributed by atoms with van der Waals surface area (Å²) >= 11 is 0. The van der Waals surface area contributed by atoms with E-state index in [0.29, 0.717) is 11.6 Å². The maximum atomic E-state index is 13.5. The number of hydrogen-bond acceptors (Lipinski definition) is 4. The highest BCUT2D eigenvalue weighted by molar-refractivity contribution is 5.68. The van der Waals surface area contributed by atoms with Gasteiger partial charge in [0.15, 0.2) is 0 Å². The van der Waals surface area contributed by atoms with Gasteiger partial charge in [0.25, 0.3) is 0 Å². The quantitative estimate of drug-likeness (QED) is 0.907. The van der Waals surface area contributed by atoms with Crippen molar-refractivity contribution in [1.82, 2.24) is 9.97 Å². The molecule has 0 fully saturated rings. The molecule has 1 aromatic heterocycles. The Morgan fingerprint density at radius 1 is 1.04 bits per heavy atom. The molecular formula is C19H19FN4. The Morgan fingerprint density at radius 3 is 2.71 bits per heavy atom. The summed E-state index contributed by atoms with van der Waals surface area (Å²) < 4.78 is 13.5. The van der Waals surface area contributed by atoms with Crippen LogP contribution in [0.25, 0.3) is 12.2 Å². The number of hydrogen-bond donors (Lipinski definition) is 1. The second-order valence-electron chi connectivity index (χ2n) is 6.41. The number of nitrogens with zero attached hydrogens (tertiary/aromatic N) is 3. The van der Waals surface area contributed by atoms with Crippen LogP contribution >= 0.6 is 0 Å². The van der Waals surface area contributed by atoms with Crippen LogP contribution in [0, 0.1) is 11.8 Å².